The van der Waals surface area contributed by atoms with Crippen molar-refractivity contribution >= 4 is 17.5 Å². The number of halogens is 1. The number of carbonyl (C=O) groups is 1. The molecule has 5 heteroatoms. The van der Waals surface area contributed by atoms with Gasteiger partial charge in [-0.05, 0) is 12.1 Å². The summed E-state index contributed by atoms with van der Waals surface area (Å²) < 4.78 is 5.93. The number of aliphatic hydroxyl groups excluding tert-OH is 1. The molecule has 0 aliphatic carbocycles. The summed E-state index contributed by atoms with van der Waals surface area (Å²) in [5.74, 6) is 0.0842. The van der Waals surface area contributed by atoms with Crippen LogP contribution >= 0.6 is 11.6 Å². The highest BCUT2D eigenvalue weighted by molar-refractivity contribution is 6.30. The molecule has 0 saturated carbocycles. The van der Waals surface area contributed by atoms with Crippen LogP contribution in [0.5, 0.6) is 0 Å². The van der Waals surface area contributed by atoms with E-state index in [0.29, 0.717) is 24.4 Å². The summed E-state index contributed by atoms with van der Waals surface area (Å²) in [6.45, 7) is 0.386. The Kier molecular flexibility index (Phi) is 2.81. The van der Waals surface area contributed by atoms with Gasteiger partial charge in [0.2, 0.25) is 5.91 Å². The summed E-state index contributed by atoms with van der Waals surface area (Å²) in [6.07, 6.45) is 0.815. The van der Waals surface area contributed by atoms with Crippen LogP contribution in [0.4, 0.5) is 0 Å². The number of rotatable bonds is 2. The first-order chi connectivity index (χ1) is 8.65. The van der Waals surface area contributed by atoms with Crippen molar-refractivity contribution in [3.05, 3.63) is 34.9 Å². The second-order valence-corrected chi connectivity index (χ2v) is 5.15. The topological polar surface area (TPSA) is 49.8 Å². The third-order valence-electron chi connectivity index (χ3n) is 3.66. The Labute approximate surface area is 110 Å². The van der Waals surface area contributed by atoms with E-state index < -0.39 is 5.72 Å². The zero-order chi connectivity index (χ0) is 12.8. The largest absolute Gasteiger partial charge is 0.394 e. The lowest BCUT2D eigenvalue weighted by Gasteiger charge is -2.31. The summed E-state index contributed by atoms with van der Waals surface area (Å²) in [5.41, 5.74) is 0.225. The number of amides is 1. The van der Waals surface area contributed by atoms with Gasteiger partial charge in [0.05, 0.1) is 13.2 Å². The monoisotopic (exact) mass is 267 g/mol. The highest BCUT2D eigenvalue weighted by atomic mass is 35.5. The van der Waals surface area contributed by atoms with Crippen molar-refractivity contribution in [2.75, 3.05) is 13.2 Å². The van der Waals surface area contributed by atoms with E-state index in [1.807, 2.05) is 12.1 Å². The van der Waals surface area contributed by atoms with E-state index in [4.69, 9.17) is 16.3 Å². The normalized spacial score (nSPS) is 30.9. The molecule has 2 aliphatic rings. The molecule has 0 unspecified atom stereocenters. The van der Waals surface area contributed by atoms with Crippen molar-refractivity contribution in [2.24, 2.45) is 0 Å². The smallest absolute Gasteiger partial charge is 0.225 e. The zero-order valence-electron chi connectivity index (χ0n) is 9.80. The number of hydrogen-bond donors (Lipinski definition) is 1. The summed E-state index contributed by atoms with van der Waals surface area (Å²) in [4.78, 5) is 13.6. The quantitative estimate of drug-likeness (QED) is 0.884. The number of benzene rings is 1. The predicted octanol–water partition coefficient (Wildman–Crippen LogP) is 1.51. The minimum atomic E-state index is -0.699. The van der Waals surface area contributed by atoms with E-state index in [0.717, 1.165) is 5.56 Å². The van der Waals surface area contributed by atoms with Crippen molar-refractivity contribution in [2.45, 2.75) is 24.7 Å². The lowest BCUT2D eigenvalue weighted by atomic mass is 10.0. The fourth-order valence-electron chi connectivity index (χ4n) is 2.81. The number of fused-ring (bicyclic) bond motifs is 1. The van der Waals surface area contributed by atoms with Crippen LogP contribution in [0.2, 0.25) is 5.02 Å². The van der Waals surface area contributed by atoms with Crippen molar-refractivity contribution in [1.29, 1.82) is 0 Å². The molecule has 1 N–H and O–H groups in total. The Bertz CT molecular complexity index is 476. The van der Waals surface area contributed by atoms with Crippen LogP contribution < -0.4 is 0 Å². The van der Waals surface area contributed by atoms with Crippen molar-refractivity contribution in [3.8, 4) is 0 Å². The van der Waals surface area contributed by atoms with Crippen molar-refractivity contribution in [1.82, 2.24) is 4.90 Å². The predicted molar refractivity (Wildman–Crippen MR) is 66.0 cm³/mol. The first kappa shape index (κ1) is 12.0. The summed E-state index contributed by atoms with van der Waals surface area (Å²) >= 11 is 5.88. The number of nitrogens with zero attached hydrogens (tertiary/aromatic N) is 1. The van der Waals surface area contributed by atoms with Crippen LogP contribution in [0.1, 0.15) is 18.4 Å². The van der Waals surface area contributed by atoms with Gasteiger partial charge in [0.25, 0.3) is 0 Å². The van der Waals surface area contributed by atoms with Crippen LogP contribution in [-0.4, -0.2) is 35.2 Å². The molecule has 2 atom stereocenters. The summed E-state index contributed by atoms with van der Waals surface area (Å²) in [5, 5.41) is 9.88. The Morgan fingerprint density at radius 1 is 1.44 bits per heavy atom. The molecule has 2 fully saturated rings. The third-order valence-corrected chi connectivity index (χ3v) is 3.91. The lowest BCUT2D eigenvalue weighted by molar-refractivity contribution is -0.141. The second kappa shape index (κ2) is 4.23. The fraction of sp³-hybridized carbons (Fsp3) is 0.462. The Morgan fingerprint density at radius 2 is 2.17 bits per heavy atom. The van der Waals surface area contributed by atoms with Gasteiger partial charge in [0.15, 0.2) is 5.72 Å². The van der Waals surface area contributed by atoms with Gasteiger partial charge in [0, 0.05) is 23.4 Å². The molecule has 0 bridgehead atoms. The van der Waals surface area contributed by atoms with Gasteiger partial charge in [-0.15, -0.1) is 0 Å². The highest BCUT2D eigenvalue weighted by Gasteiger charge is 2.54. The van der Waals surface area contributed by atoms with E-state index in [2.05, 4.69) is 0 Å². The fourth-order valence-corrected chi connectivity index (χ4v) is 2.94. The number of aliphatic hydroxyl groups is 1. The summed E-state index contributed by atoms with van der Waals surface area (Å²) in [7, 11) is 0. The molecule has 96 valence electrons. The Hall–Kier alpha value is -1.10. The first-order valence-electron chi connectivity index (χ1n) is 6.01. The maximum atomic E-state index is 11.9. The molecule has 3 rings (SSSR count). The molecule has 1 amide bonds. The number of carbonyl (C=O) groups excluding carboxylic acids is 1. The Morgan fingerprint density at radius 3 is 2.83 bits per heavy atom. The van der Waals surface area contributed by atoms with E-state index in [1.165, 1.54) is 0 Å². The van der Waals surface area contributed by atoms with Crippen LogP contribution in [0.15, 0.2) is 24.3 Å². The maximum absolute atomic E-state index is 11.9. The van der Waals surface area contributed by atoms with Crippen LogP contribution in [0.3, 0.4) is 0 Å². The highest BCUT2D eigenvalue weighted by Crippen LogP contribution is 2.45. The van der Waals surface area contributed by atoms with Gasteiger partial charge in [-0.2, -0.15) is 0 Å². The molecular weight excluding hydrogens is 254 g/mol. The van der Waals surface area contributed by atoms with Crippen molar-refractivity contribution < 1.29 is 14.6 Å². The third kappa shape index (κ3) is 1.64. The summed E-state index contributed by atoms with van der Waals surface area (Å²) in [6, 6.07) is 7.35. The molecule has 0 radical (unpaired) electrons. The molecular formula is C13H14ClNO3. The van der Waals surface area contributed by atoms with Crippen LogP contribution in [0, 0.1) is 0 Å². The minimum absolute atomic E-state index is 0.0703. The van der Waals surface area contributed by atoms with E-state index in [1.54, 1.807) is 17.0 Å². The molecule has 4 nitrogen and oxygen atoms in total. The number of ether oxygens (including phenoxy) is 1. The van der Waals surface area contributed by atoms with E-state index >= 15 is 0 Å². The molecule has 2 aliphatic heterocycles. The van der Waals surface area contributed by atoms with Crippen LogP contribution in [0.25, 0.3) is 0 Å². The molecule has 0 spiro atoms. The Balaban J connectivity index is 2.01. The molecule has 2 saturated heterocycles. The molecule has 1 aromatic rings. The van der Waals surface area contributed by atoms with Gasteiger partial charge in [-0.25, -0.2) is 0 Å². The van der Waals surface area contributed by atoms with E-state index in [-0.39, 0.29) is 18.6 Å². The SMILES string of the molecule is O=C1CC[C@]2(c3ccc(Cl)cc3)O[C@@H](CO)CN12. The van der Waals surface area contributed by atoms with Gasteiger partial charge in [0.1, 0.15) is 6.10 Å². The van der Waals surface area contributed by atoms with Gasteiger partial charge < -0.3 is 14.7 Å². The molecule has 1 aromatic carbocycles. The van der Waals surface area contributed by atoms with Gasteiger partial charge >= 0.3 is 0 Å². The van der Waals surface area contributed by atoms with E-state index in [9.17, 15) is 9.90 Å². The minimum Gasteiger partial charge on any atom is -0.394 e. The van der Waals surface area contributed by atoms with Gasteiger partial charge in [-0.1, -0.05) is 23.7 Å². The average molecular weight is 268 g/mol. The lowest BCUT2D eigenvalue weighted by Crippen LogP contribution is -2.38. The second-order valence-electron chi connectivity index (χ2n) is 4.72. The van der Waals surface area contributed by atoms with Crippen molar-refractivity contribution in [3.63, 3.8) is 0 Å². The maximum Gasteiger partial charge on any atom is 0.225 e. The van der Waals surface area contributed by atoms with Gasteiger partial charge in [-0.3, -0.25) is 4.79 Å². The molecule has 0 aromatic heterocycles. The first-order valence-corrected chi connectivity index (χ1v) is 6.39. The molecule has 18 heavy (non-hydrogen) atoms. The standard InChI is InChI=1S/C13H14ClNO3/c14-10-3-1-9(2-4-10)13-6-5-12(17)15(13)7-11(8-16)18-13/h1-4,11,16H,5-8H2/t11-,13-/m1/s1. The zero-order valence-corrected chi connectivity index (χ0v) is 10.6. The molecule has 2 heterocycles. The average Bonchev–Trinajstić information content (AvgIpc) is 2.89. The number of hydrogen-bond acceptors (Lipinski definition) is 3. The van der Waals surface area contributed by atoms with Crippen LogP contribution in [-0.2, 0) is 15.3 Å².